The van der Waals surface area contributed by atoms with Crippen molar-refractivity contribution >= 4 is 96.6 Å². The Bertz CT molecular complexity index is 4000. The Morgan fingerprint density at radius 1 is 0.626 bits per heavy atom. The minimum atomic E-state index is -0.820. The van der Waals surface area contributed by atoms with Crippen LogP contribution in [0.2, 0.25) is 0 Å². The quantitative estimate of drug-likeness (QED) is 0.0149. The zero-order chi connectivity index (χ0) is 72.0. The first-order chi connectivity index (χ1) is 46.3. The van der Waals surface area contributed by atoms with Gasteiger partial charge in [-0.25, -0.2) is 57.1 Å². The normalized spacial score (nSPS) is 10.9. The Kier molecular flexibility index (Phi) is 43.0. The third-order valence-corrected chi connectivity index (χ3v) is 13.7. The molecule has 0 fully saturated rings. The predicted molar refractivity (Wildman–Crippen MR) is 368 cm³/mol. The van der Waals surface area contributed by atoms with Gasteiger partial charge in [-0.2, -0.15) is 14.8 Å². The van der Waals surface area contributed by atoms with Crippen molar-refractivity contribution in [3.63, 3.8) is 0 Å². The van der Waals surface area contributed by atoms with Gasteiger partial charge in [-0.15, -0.1) is 0 Å². The topological polar surface area (TPSA) is 256 Å². The Morgan fingerprint density at radius 3 is 1.48 bits per heavy atom. The van der Waals surface area contributed by atoms with Gasteiger partial charge in [0.2, 0.25) is 5.91 Å². The Hall–Kier alpha value is -8.02. The number of aromatic nitrogens is 4. The highest BCUT2D eigenvalue weighted by Crippen LogP contribution is 2.19. The predicted octanol–water partition coefficient (Wildman–Crippen LogP) is 5.46. The summed E-state index contributed by atoms with van der Waals surface area (Å²) in [6.45, 7) is 1.58. The molecule has 2 amide bonds. The lowest BCUT2D eigenvalue weighted by Gasteiger charge is -2.24. The molecule has 1 aliphatic rings. The van der Waals surface area contributed by atoms with Crippen LogP contribution in [0.3, 0.4) is 0 Å². The number of ketones is 2. The largest absolute Gasteiger partial charge is 1.00 e. The number of hydrazone groups is 1. The van der Waals surface area contributed by atoms with Gasteiger partial charge >= 0.3 is 5.97 Å². The number of rotatable bonds is 19. The number of carbonyl (C=O) groups excluding carboxylic acids is 5. The standard InChI is InChI=1S/C18H15FN4O.C12H17FNO2.C11H14FNO2.C9H10FNO2.C9H8N2O2.C7H4ClFO.C2H7NO.CH3I.ClH.HI/c19-14-3-1-2-13(10-14)15-6-7-23(22-15)18(24)9-12-4-5-16-17(8-12)21-11-20-16;1-14(2,16-3)8-7-12(15)10-5-4-6-11(13)9-10;1-13(15-2)7-6-11(14)9-4-3-5-10(12)8-9;1-11(13-2)9(12)7-4-3-5-8(10)6-7;12-9(13)4-6-1-2-7-8(3-6)11-5-10-7;8-7(10)5-2-1-3-6(9)4-5;1-3-4-2;1-2;;/h1-5,8,10-11H,6-7,9H2,(H,20,21);4-6,9H,7-8H2,1-3H3;3-5,8H,6-7H2,1-2H3;3-6H,1-2H3;1-3,5H,4H2,(H,10,11)(H,12,13);1-4H;3H,1-2H3;1H3;2*1H/q;+1;;;;;;;;/p-1. The number of aliphatic carboxylic acids is 1. The third-order valence-electron chi connectivity index (χ3n) is 13.5. The smallest absolute Gasteiger partial charge is 0.307 e. The lowest BCUT2D eigenvalue weighted by Crippen LogP contribution is -3.00. The van der Waals surface area contributed by atoms with E-state index in [0.29, 0.717) is 54.7 Å². The van der Waals surface area contributed by atoms with Crippen LogP contribution < -0.4 is 41.9 Å². The summed E-state index contributed by atoms with van der Waals surface area (Å²) in [5.41, 5.74) is 9.56. The summed E-state index contributed by atoms with van der Waals surface area (Å²) in [5.74, 6) is -3.37. The van der Waals surface area contributed by atoms with Crippen molar-refractivity contribution in [2.75, 3.05) is 88.2 Å². The zero-order valence-corrected chi connectivity index (χ0v) is 61.8. The van der Waals surface area contributed by atoms with E-state index in [2.05, 4.69) is 57.3 Å². The number of fused-ring (bicyclic) bond motifs is 2. The maximum atomic E-state index is 13.3. The molecule has 534 valence electrons. The van der Waals surface area contributed by atoms with Crippen LogP contribution >= 0.6 is 34.2 Å². The summed E-state index contributed by atoms with van der Waals surface area (Å²) in [4.78, 5) is 103. The van der Waals surface area contributed by atoms with Crippen molar-refractivity contribution in [2.45, 2.75) is 32.1 Å². The Morgan fingerprint density at radius 2 is 1.06 bits per heavy atom. The average molecular weight is 1640 g/mol. The fourth-order valence-corrected chi connectivity index (χ4v) is 8.17. The molecule has 10 rings (SSSR count). The summed E-state index contributed by atoms with van der Waals surface area (Å²) in [7, 11) is 14.9. The number of imidazole rings is 2. The lowest BCUT2D eigenvalue weighted by molar-refractivity contribution is -1.07. The number of amides is 2. The number of nitrogens with one attached hydrogen (secondary N) is 2. The molecular weight excluding hydrogens is 1560 g/mol. The molecule has 0 saturated carbocycles. The molecule has 0 unspecified atom stereocenters. The molecule has 0 radical (unpaired) electrons. The molecule has 3 heterocycles. The van der Waals surface area contributed by atoms with E-state index in [1.807, 2.05) is 56.4 Å². The van der Waals surface area contributed by atoms with Crippen molar-refractivity contribution < 1.29 is 122 Å². The van der Waals surface area contributed by atoms with E-state index in [0.717, 1.165) is 61.7 Å². The maximum Gasteiger partial charge on any atom is 0.307 e. The second-order valence-corrected chi connectivity index (χ2v) is 21.1. The van der Waals surface area contributed by atoms with Crippen LogP contribution in [-0.2, 0) is 41.8 Å². The van der Waals surface area contributed by atoms with E-state index in [-0.39, 0.29) is 101 Å². The van der Waals surface area contributed by atoms with Crippen molar-refractivity contribution in [1.82, 2.24) is 35.1 Å². The number of carboxylic acids is 1. The van der Waals surface area contributed by atoms with Gasteiger partial charge in [0.1, 0.15) is 35.6 Å². The maximum absolute atomic E-state index is 13.3. The number of carbonyl (C=O) groups is 6. The van der Waals surface area contributed by atoms with Crippen molar-refractivity contribution in [2.24, 2.45) is 5.10 Å². The summed E-state index contributed by atoms with van der Waals surface area (Å²) >= 11 is 7.22. The number of hydroxylamine groups is 8. The molecule has 0 spiro atoms. The van der Waals surface area contributed by atoms with Crippen LogP contribution in [0, 0.1) is 29.1 Å². The molecular formula is C69H79Cl2F5I2N10O11. The Labute approximate surface area is 613 Å². The third kappa shape index (κ3) is 33.6. The molecule has 0 aliphatic carbocycles. The molecule has 21 nitrogen and oxygen atoms in total. The molecule has 9 aromatic rings. The molecule has 7 aromatic carbocycles. The number of H-pyrrole nitrogens is 2. The number of carboxylic acid groups (broad SMARTS) is 1. The van der Waals surface area contributed by atoms with Crippen LogP contribution in [0.5, 0.6) is 0 Å². The summed E-state index contributed by atoms with van der Waals surface area (Å²) in [5, 5.41) is 16.3. The van der Waals surface area contributed by atoms with Crippen LogP contribution in [0.25, 0.3) is 22.1 Å². The number of halogens is 9. The molecule has 1 aliphatic heterocycles. The summed E-state index contributed by atoms with van der Waals surface area (Å²) in [6.07, 6.45) is 4.83. The summed E-state index contributed by atoms with van der Waals surface area (Å²) in [6, 6.07) is 39.5. The number of aromatic amines is 2. The van der Waals surface area contributed by atoms with Gasteiger partial charge in [-0.1, -0.05) is 83.3 Å². The number of alkyl halides is 1. The minimum absolute atomic E-state index is 0. The number of hydrogen-bond donors (Lipinski definition) is 4. The van der Waals surface area contributed by atoms with E-state index >= 15 is 0 Å². The van der Waals surface area contributed by atoms with Crippen molar-refractivity contribution in [3.05, 3.63) is 238 Å². The van der Waals surface area contributed by atoms with Gasteiger partial charge < -0.3 is 56.3 Å². The fraction of sp³-hybridized carbons (Fsp3) is 0.261. The number of nitrogens with zero attached hydrogens (tertiary/aromatic N) is 7. The monoisotopic (exact) mass is 1640 g/mol. The van der Waals surface area contributed by atoms with Gasteiger partial charge in [-0.05, 0) is 125 Å². The van der Waals surface area contributed by atoms with Crippen LogP contribution in [0.15, 0.2) is 175 Å². The molecule has 5 N–H and O–H groups in total. The minimum Gasteiger partial charge on any atom is -1.00 e. The van der Waals surface area contributed by atoms with E-state index < -0.39 is 22.8 Å². The van der Waals surface area contributed by atoms with Gasteiger partial charge in [0.15, 0.2) is 11.6 Å². The molecule has 30 heteroatoms. The SMILES string of the molecule is CI.CON(C)C(=O)c1cccc(F)c1.CON(C)CCC(=O)c1cccc(F)c1.CO[N+](C)(C)CCC(=O)c1cccc(F)c1.C[NH2+]OC.O=C(Cc1ccc2nc[nH]c2c1)N1CCC(c2cccc(F)c2)=N1.O=C(Cl)c1cccc(F)c1.O=C(O)Cc1ccc2nc[nH]c2c1.[Cl-].[I-]. The van der Waals surface area contributed by atoms with E-state index in [9.17, 15) is 50.7 Å². The zero-order valence-electron chi connectivity index (χ0n) is 56.0. The van der Waals surface area contributed by atoms with Gasteiger partial charge in [0, 0.05) is 61.3 Å². The first kappa shape index (κ1) is 89.0. The van der Waals surface area contributed by atoms with Gasteiger partial charge in [0.25, 0.3) is 11.1 Å². The number of quaternary nitrogens is 2. The highest BCUT2D eigenvalue weighted by atomic mass is 127. The highest BCUT2D eigenvalue weighted by molar-refractivity contribution is 14.1. The highest BCUT2D eigenvalue weighted by Gasteiger charge is 2.23. The molecule has 0 bridgehead atoms. The second-order valence-electron chi connectivity index (χ2n) is 20.7. The first-order valence-electron chi connectivity index (χ1n) is 29.4. The molecule has 0 saturated heterocycles. The van der Waals surface area contributed by atoms with Gasteiger partial charge in [-0.3, -0.25) is 33.6 Å². The number of nitrogens with two attached hydrogens (primary N) is 1. The number of hydrogen-bond acceptors (Lipinski definition) is 14. The summed E-state index contributed by atoms with van der Waals surface area (Å²) < 4.78 is 64.3. The van der Waals surface area contributed by atoms with Crippen LogP contribution in [0.4, 0.5) is 22.0 Å². The van der Waals surface area contributed by atoms with E-state index in [4.69, 9.17) is 26.4 Å². The molecule has 99 heavy (non-hydrogen) atoms. The van der Waals surface area contributed by atoms with Crippen LogP contribution in [-0.4, -0.2) is 173 Å². The molecule has 2 aromatic heterocycles. The first-order valence-corrected chi connectivity index (χ1v) is 31.9. The number of Topliss-reactive ketones (excluding diaryl/α,β-unsaturated/α-hetero) is 2. The fourth-order valence-electron chi connectivity index (χ4n) is 8.06. The Balaban J connectivity index is 0.000000594. The lowest BCUT2D eigenvalue weighted by atomic mass is 10.1. The van der Waals surface area contributed by atoms with Crippen molar-refractivity contribution in [3.8, 4) is 0 Å². The van der Waals surface area contributed by atoms with Crippen molar-refractivity contribution in [1.29, 1.82) is 0 Å². The van der Waals surface area contributed by atoms with E-state index in [1.54, 1.807) is 80.9 Å². The second kappa shape index (κ2) is 47.9. The van der Waals surface area contributed by atoms with E-state index in [1.165, 1.54) is 105 Å². The number of benzene rings is 7. The molecule has 0 atom stereocenters. The van der Waals surface area contributed by atoms with Gasteiger partial charge in [0.05, 0.1) is 116 Å². The van der Waals surface area contributed by atoms with Crippen LogP contribution in [0.1, 0.15) is 77.4 Å². The average Bonchev–Trinajstić information content (AvgIpc) is 1.70.